The molecule has 1 heterocycles. The molecule has 1 aromatic carbocycles. The van der Waals surface area contributed by atoms with Crippen molar-refractivity contribution in [3.05, 3.63) is 45.1 Å². The number of aromatic nitrogens is 2. The third-order valence-electron chi connectivity index (χ3n) is 2.33. The maximum Gasteiger partial charge on any atom is 0.290 e. The van der Waals surface area contributed by atoms with Crippen LogP contribution >= 0.6 is 11.6 Å². The smallest absolute Gasteiger partial charge is 0.290 e. The van der Waals surface area contributed by atoms with Crippen molar-refractivity contribution < 1.29 is 4.92 Å². The molecule has 0 radical (unpaired) electrons. The summed E-state index contributed by atoms with van der Waals surface area (Å²) in [6.07, 6.45) is 1.70. The quantitative estimate of drug-likeness (QED) is 0.656. The highest BCUT2D eigenvalue weighted by Gasteiger charge is 2.14. The van der Waals surface area contributed by atoms with Gasteiger partial charge in [-0.25, -0.2) is 4.68 Å². The van der Waals surface area contributed by atoms with Gasteiger partial charge in [-0.1, -0.05) is 11.6 Å². The Balaban J connectivity index is 2.53. The number of anilines is 1. The molecule has 0 spiro atoms. The molecule has 0 aliphatic heterocycles. The molecule has 2 aromatic rings. The molecule has 0 fully saturated rings. The number of benzene rings is 1. The Morgan fingerprint density at radius 3 is 2.76 bits per heavy atom. The van der Waals surface area contributed by atoms with Crippen LogP contribution in [0, 0.1) is 17.0 Å². The van der Waals surface area contributed by atoms with E-state index in [1.165, 1.54) is 16.8 Å². The lowest BCUT2D eigenvalue weighted by Gasteiger charge is -2.01. The summed E-state index contributed by atoms with van der Waals surface area (Å²) in [7, 11) is 0. The number of aryl methyl sites for hydroxylation is 1. The summed E-state index contributed by atoms with van der Waals surface area (Å²) in [5.74, 6) is 0.391. The van der Waals surface area contributed by atoms with Crippen LogP contribution in [0.5, 0.6) is 0 Å². The van der Waals surface area contributed by atoms with Gasteiger partial charge in [-0.3, -0.25) is 10.1 Å². The Labute approximate surface area is 102 Å². The topological polar surface area (TPSA) is 87.0 Å². The van der Waals surface area contributed by atoms with Crippen molar-refractivity contribution in [3.63, 3.8) is 0 Å². The lowest BCUT2D eigenvalue weighted by Crippen LogP contribution is -1.98. The van der Waals surface area contributed by atoms with Gasteiger partial charge in [0.1, 0.15) is 10.8 Å². The highest BCUT2D eigenvalue weighted by Crippen LogP contribution is 2.26. The number of hydrogen-bond acceptors (Lipinski definition) is 4. The highest BCUT2D eigenvalue weighted by molar-refractivity contribution is 6.32. The first-order valence-electron chi connectivity index (χ1n) is 4.75. The van der Waals surface area contributed by atoms with Crippen LogP contribution in [0.2, 0.25) is 5.02 Å². The van der Waals surface area contributed by atoms with Crippen molar-refractivity contribution in [2.75, 3.05) is 5.73 Å². The van der Waals surface area contributed by atoms with Crippen LogP contribution in [-0.2, 0) is 0 Å². The van der Waals surface area contributed by atoms with Crippen molar-refractivity contribution in [3.8, 4) is 5.69 Å². The maximum absolute atomic E-state index is 10.7. The first-order chi connectivity index (χ1) is 7.99. The first-order valence-corrected chi connectivity index (χ1v) is 5.13. The molecule has 2 rings (SSSR count). The molecule has 0 bridgehead atoms. The fraction of sp³-hybridized carbons (Fsp3) is 0.100. The summed E-state index contributed by atoms with van der Waals surface area (Å²) in [5, 5.41) is 14.9. The molecule has 1 aromatic heterocycles. The van der Waals surface area contributed by atoms with E-state index in [1.807, 2.05) is 6.92 Å². The maximum atomic E-state index is 10.7. The molecule has 7 heteroatoms. The molecule has 0 saturated carbocycles. The van der Waals surface area contributed by atoms with Gasteiger partial charge in [-0.15, -0.1) is 0 Å². The number of halogens is 1. The van der Waals surface area contributed by atoms with E-state index in [4.69, 9.17) is 17.3 Å². The standard InChI is InChI=1S/C10H9ClN4O2/c1-6-5-14(13-10(6)12)7-2-3-8(11)9(4-7)15(16)17/h2-5H,1H3,(H2,12,13). The zero-order valence-electron chi connectivity index (χ0n) is 8.92. The molecule has 88 valence electrons. The largest absolute Gasteiger partial charge is 0.382 e. The predicted octanol–water partition coefficient (Wildman–Crippen LogP) is 2.32. The summed E-state index contributed by atoms with van der Waals surface area (Å²) >= 11 is 5.72. The van der Waals surface area contributed by atoms with E-state index in [9.17, 15) is 10.1 Å². The molecule has 0 unspecified atom stereocenters. The first kappa shape index (κ1) is 11.4. The van der Waals surface area contributed by atoms with E-state index in [2.05, 4.69) is 5.10 Å². The van der Waals surface area contributed by atoms with E-state index in [0.29, 0.717) is 11.5 Å². The average Bonchev–Trinajstić information content (AvgIpc) is 2.59. The van der Waals surface area contributed by atoms with Gasteiger partial charge in [-0.2, -0.15) is 5.10 Å². The van der Waals surface area contributed by atoms with Crippen molar-refractivity contribution in [2.24, 2.45) is 0 Å². The van der Waals surface area contributed by atoms with Crippen LogP contribution < -0.4 is 5.73 Å². The second-order valence-electron chi connectivity index (χ2n) is 3.53. The van der Waals surface area contributed by atoms with Gasteiger partial charge in [0.15, 0.2) is 0 Å². The summed E-state index contributed by atoms with van der Waals surface area (Å²) in [5.41, 5.74) is 6.81. The number of rotatable bonds is 2. The van der Waals surface area contributed by atoms with Crippen LogP contribution in [0.1, 0.15) is 5.56 Å². The molecule has 0 aliphatic carbocycles. The lowest BCUT2D eigenvalue weighted by molar-refractivity contribution is -0.384. The number of nitrogens with zero attached hydrogens (tertiary/aromatic N) is 3. The number of nitrogens with two attached hydrogens (primary N) is 1. The molecular weight excluding hydrogens is 244 g/mol. The van der Waals surface area contributed by atoms with Crippen LogP contribution in [0.3, 0.4) is 0 Å². The molecule has 0 atom stereocenters. The van der Waals surface area contributed by atoms with E-state index in [1.54, 1.807) is 12.3 Å². The Morgan fingerprint density at radius 2 is 2.24 bits per heavy atom. The predicted molar refractivity (Wildman–Crippen MR) is 64.4 cm³/mol. The minimum absolute atomic E-state index is 0.0931. The Kier molecular flexibility index (Phi) is 2.72. The highest BCUT2D eigenvalue weighted by atomic mass is 35.5. The van der Waals surface area contributed by atoms with Crippen LogP contribution in [0.4, 0.5) is 11.5 Å². The fourth-order valence-electron chi connectivity index (χ4n) is 1.39. The minimum Gasteiger partial charge on any atom is -0.382 e. The van der Waals surface area contributed by atoms with Gasteiger partial charge in [0, 0.05) is 17.8 Å². The second kappa shape index (κ2) is 4.06. The van der Waals surface area contributed by atoms with Crippen molar-refractivity contribution in [1.82, 2.24) is 9.78 Å². The van der Waals surface area contributed by atoms with Gasteiger partial charge >= 0.3 is 0 Å². The Bertz CT molecular complexity index is 574. The van der Waals surface area contributed by atoms with Crippen LogP contribution in [-0.4, -0.2) is 14.7 Å². The third-order valence-corrected chi connectivity index (χ3v) is 2.65. The monoisotopic (exact) mass is 252 g/mol. The average molecular weight is 253 g/mol. The molecular formula is C10H9ClN4O2. The van der Waals surface area contributed by atoms with Gasteiger partial charge in [0.05, 0.1) is 10.6 Å². The molecule has 0 aliphatic rings. The molecule has 0 saturated heterocycles. The van der Waals surface area contributed by atoms with Gasteiger partial charge in [-0.05, 0) is 19.1 Å². The normalized spacial score (nSPS) is 10.5. The van der Waals surface area contributed by atoms with Gasteiger partial charge in [0.2, 0.25) is 0 Å². The number of hydrogen-bond donors (Lipinski definition) is 1. The second-order valence-corrected chi connectivity index (χ2v) is 3.94. The number of nitro groups is 1. The van der Waals surface area contributed by atoms with Crippen LogP contribution in [0.15, 0.2) is 24.4 Å². The molecule has 2 N–H and O–H groups in total. The van der Waals surface area contributed by atoms with Gasteiger partial charge < -0.3 is 5.73 Å². The van der Waals surface area contributed by atoms with Crippen molar-refractivity contribution >= 4 is 23.1 Å². The lowest BCUT2D eigenvalue weighted by atomic mass is 10.3. The van der Waals surface area contributed by atoms with E-state index in [-0.39, 0.29) is 10.7 Å². The van der Waals surface area contributed by atoms with E-state index in [0.717, 1.165) is 5.56 Å². The third kappa shape index (κ3) is 2.07. The van der Waals surface area contributed by atoms with Crippen LogP contribution in [0.25, 0.3) is 5.69 Å². The summed E-state index contributed by atoms with van der Waals surface area (Å²) < 4.78 is 1.48. The molecule has 0 amide bonds. The van der Waals surface area contributed by atoms with E-state index >= 15 is 0 Å². The fourth-order valence-corrected chi connectivity index (χ4v) is 1.58. The van der Waals surface area contributed by atoms with Crippen molar-refractivity contribution in [1.29, 1.82) is 0 Å². The van der Waals surface area contributed by atoms with Crippen molar-refractivity contribution in [2.45, 2.75) is 6.92 Å². The Hall–Kier alpha value is -2.08. The summed E-state index contributed by atoms with van der Waals surface area (Å²) in [4.78, 5) is 10.2. The molecule has 17 heavy (non-hydrogen) atoms. The molecule has 6 nitrogen and oxygen atoms in total. The van der Waals surface area contributed by atoms with E-state index < -0.39 is 4.92 Å². The summed E-state index contributed by atoms with van der Waals surface area (Å²) in [6.45, 7) is 1.81. The number of nitrogen functional groups attached to an aromatic ring is 1. The summed E-state index contributed by atoms with van der Waals surface area (Å²) in [6, 6.07) is 4.46. The zero-order valence-corrected chi connectivity index (χ0v) is 9.68. The zero-order chi connectivity index (χ0) is 12.6. The van der Waals surface area contributed by atoms with Gasteiger partial charge in [0.25, 0.3) is 5.69 Å². The number of nitro benzene ring substituents is 1. The SMILES string of the molecule is Cc1cn(-c2ccc(Cl)c([N+](=O)[O-])c2)nc1N. The minimum atomic E-state index is -0.536. The Morgan fingerprint density at radius 1 is 1.53 bits per heavy atom.